The Morgan fingerprint density at radius 2 is 2.15 bits per heavy atom. The number of hydrogen-bond donors (Lipinski definition) is 0. The Balaban J connectivity index is 2.99. The average Bonchev–Trinajstić information content (AvgIpc) is 2.17. The summed E-state index contributed by atoms with van der Waals surface area (Å²) in [6.07, 6.45) is 0. The summed E-state index contributed by atoms with van der Waals surface area (Å²) in [5.41, 5.74) is 2.51. The van der Waals surface area contributed by atoms with Crippen molar-refractivity contribution in [3.8, 4) is 5.75 Å². The summed E-state index contributed by atoms with van der Waals surface area (Å²) in [5, 5.41) is 0.985. The molecule has 1 aromatic carbocycles. The largest absolute Gasteiger partial charge is 0.496 e. The van der Waals surface area contributed by atoms with Gasteiger partial charge in [-0.1, -0.05) is 35.0 Å². The molecule has 0 heterocycles. The molecule has 0 saturated carbocycles. The van der Waals surface area contributed by atoms with Crippen LogP contribution < -0.4 is 4.74 Å². The van der Waals surface area contributed by atoms with Crippen LogP contribution in [0.15, 0.2) is 18.2 Å². The Morgan fingerprint density at radius 3 is 2.69 bits per heavy atom. The lowest BCUT2D eigenvalue weighted by Crippen LogP contribution is -1.96. The van der Waals surface area contributed by atoms with E-state index >= 15 is 0 Å². The van der Waals surface area contributed by atoms with Gasteiger partial charge in [-0.25, -0.2) is 0 Å². The van der Waals surface area contributed by atoms with E-state index in [-0.39, 0.29) is 0 Å². The molecule has 0 radical (unpaired) electrons. The standard InChI is InChI=1S/C11H15BrO/c1-8-4-5-10(9(2)7-12)6-11(8)13-3/h4-6,9H,7H2,1-3H3. The van der Waals surface area contributed by atoms with Crippen LogP contribution in [0.25, 0.3) is 0 Å². The maximum absolute atomic E-state index is 5.26. The maximum Gasteiger partial charge on any atom is 0.122 e. The van der Waals surface area contributed by atoms with Gasteiger partial charge >= 0.3 is 0 Å². The number of benzene rings is 1. The van der Waals surface area contributed by atoms with Crippen molar-refractivity contribution in [2.75, 3.05) is 12.4 Å². The Hall–Kier alpha value is -0.500. The molecule has 72 valence electrons. The molecular weight excluding hydrogens is 228 g/mol. The first kappa shape index (κ1) is 10.6. The van der Waals surface area contributed by atoms with E-state index in [1.807, 2.05) is 0 Å². The molecule has 0 bridgehead atoms. The molecule has 13 heavy (non-hydrogen) atoms. The van der Waals surface area contributed by atoms with Crippen LogP contribution >= 0.6 is 15.9 Å². The van der Waals surface area contributed by atoms with Gasteiger partial charge in [-0.15, -0.1) is 0 Å². The molecule has 0 aliphatic rings. The summed E-state index contributed by atoms with van der Waals surface area (Å²) >= 11 is 3.48. The van der Waals surface area contributed by atoms with Gasteiger partial charge in [0.1, 0.15) is 5.75 Å². The Bertz CT molecular complexity index is 283. The van der Waals surface area contributed by atoms with Gasteiger partial charge in [0.15, 0.2) is 0 Å². The molecular formula is C11H15BrO. The van der Waals surface area contributed by atoms with E-state index in [2.05, 4.69) is 48.0 Å². The van der Waals surface area contributed by atoms with E-state index in [0.29, 0.717) is 5.92 Å². The zero-order chi connectivity index (χ0) is 9.84. The second kappa shape index (κ2) is 4.66. The van der Waals surface area contributed by atoms with Gasteiger partial charge in [0.05, 0.1) is 7.11 Å². The topological polar surface area (TPSA) is 9.23 Å². The van der Waals surface area contributed by atoms with Crippen LogP contribution in [0.3, 0.4) is 0 Å². The number of methoxy groups -OCH3 is 1. The zero-order valence-electron chi connectivity index (χ0n) is 8.30. The third-order valence-electron chi connectivity index (χ3n) is 2.23. The van der Waals surface area contributed by atoms with E-state index in [1.165, 1.54) is 11.1 Å². The smallest absolute Gasteiger partial charge is 0.122 e. The number of alkyl halides is 1. The minimum Gasteiger partial charge on any atom is -0.496 e. The third kappa shape index (κ3) is 2.47. The molecule has 0 spiro atoms. The highest BCUT2D eigenvalue weighted by Crippen LogP contribution is 2.24. The number of halogens is 1. The van der Waals surface area contributed by atoms with Crippen molar-refractivity contribution in [1.82, 2.24) is 0 Å². The molecule has 0 saturated heterocycles. The molecule has 0 N–H and O–H groups in total. The first-order valence-electron chi connectivity index (χ1n) is 4.39. The SMILES string of the molecule is COc1cc(C(C)CBr)ccc1C. The lowest BCUT2D eigenvalue weighted by Gasteiger charge is -2.11. The van der Waals surface area contributed by atoms with Crippen LogP contribution in [0.1, 0.15) is 24.0 Å². The fourth-order valence-corrected chi connectivity index (χ4v) is 1.61. The van der Waals surface area contributed by atoms with Crippen LogP contribution in [-0.2, 0) is 0 Å². The average molecular weight is 243 g/mol. The van der Waals surface area contributed by atoms with Crippen LogP contribution in [-0.4, -0.2) is 12.4 Å². The molecule has 0 aliphatic carbocycles. The maximum atomic E-state index is 5.26. The fraction of sp³-hybridized carbons (Fsp3) is 0.455. The number of aryl methyl sites for hydroxylation is 1. The van der Waals surface area contributed by atoms with Crippen molar-refractivity contribution >= 4 is 15.9 Å². The molecule has 1 aromatic rings. The van der Waals surface area contributed by atoms with Crippen LogP contribution in [0.4, 0.5) is 0 Å². The van der Waals surface area contributed by atoms with Crippen molar-refractivity contribution in [2.24, 2.45) is 0 Å². The highest BCUT2D eigenvalue weighted by atomic mass is 79.9. The van der Waals surface area contributed by atoms with Crippen LogP contribution in [0, 0.1) is 6.92 Å². The van der Waals surface area contributed by atoms with Crippen LogP contribution in [0.5, 0.6) is 5.75 Å². The Labute approximate surface area is 88.2 Å². The molecule has 1 nitrogen and oxygen atoms in total. The van der Waals surface area contributed by atoms with Gasteiger partial charge in [0, 0.05) is 5.33 Å². The summed E-state index contributed by atoms with van der Waals surface area (Å²) in [4.78, 5) is 0. The number of ether oxygens (including phenoxy) is 1. The third-order valence-corrected chi connectivity index (χ3v) is 3.20. The van der Waals surface area contributed by atoms with E-state index in [0.717, 1.165) is 11.1 Å². The zero-order valence-corrected chi connectivity index (χ0v) is 9.89. The van der Waals surface area contributed by atoms with Gasteiger partial charge < -0.3 is 4.74 Å². The van der Waals surface area contributed by atoms with Crippen molar-refractivity contribution in [2.45, 2.75) is 19.8 Å². The van der Waals surface area contributed by atoms with Crippen molar-refractivity contribution in [1.29, 1.82) is 0 Å². The van der Waals surface area contributed by atoms with Crippen molar-refractivity contribution in [3.05, 3.63) is 29.3 Å². The summed E-state index contributed by atoms with van der Waals surface area (Å²) in [5.74, 6) is 1.51. The van der Waals surface area contributed by atoms with Gasteiger partial charge in [-0.05, 0) is 30.0 Å². The quantitative estimate of drug-likeness (QED) is 0.738. The molecule has 0 aliphatic heterocycles. The van der Waals surface area contributed by atoms with Crippen LogP contribution in [0.2, 0.25) is 0 Å². The molecule has 0 aromatic heterocycles. The Kier molecular flexibility index (Phi) is 3.79. The predicted octanol–water partition coefficient (Wildman–Crippen LogP) is 3.50. The second-order valence-corrected chi connectivity index (χ2v) is 3.93. The van der Waals surface area contributed by atoms with Gasteiger partial charge in [-0.3, -0.25) is 0 Å². The minimum atomic E-state index is 0.537. The highest BCUT2D eigenvalue weighted by molar-refractivity contribution is 9.09. The summed E-state index contributed by atoms with van der Waals surface area (Å²) in [6, 6.07) is 6.37. The first-order valence-corrected chi connectivity index (χ1v) is 5.51. The van der Waals surface area contributed by atoms with Gasteiger partial charge in [-0.2, -0.15) is 0 Å². The lowest BCUT2D eigenvalue weighted by molar-refractivity contribution is 0.411. The summed E-state index contributed by atoms with van der Waals surface area (Å²) in [6.45, 7) is 4.25. The number of hydrogen-bond acceptors (Lipinski definition) is 1. The van der Waals surface area contributed by atoms with E-state index in [4.69, 9.17) is 4.74 Å². The molecule has 0 fully saturated rings. The molecule has 1 unspecified atom stereocenters. The first-order chi connectivity index (χ1) is 6.19. The summed E-state index contributed by atoms with van der Waals surface area (Å²) < 4.78 is 5.26. The van der Waals surface area contributed by atoms with Gasteiger partial charge in [0.2, 0.25) is 0 Å². The second-order valence-electron chi connectivity index (χ2n) is 3.28. The Morgan fingerprint density at radius 1 is 1.46 bits per heavy atom. The lowest BCUT2D eigenvalue weighted by atomic mass is 10.0. The van der Waals surface area contributed by atoms with E-state index < -0.39 is 0 Å². The van der Waals surface area contributed by atoms with Gasteiger partial charge in [0.25, 0.3) is 0 Å². The molecule has 1 atom stereocenters. The molecule has 0 amide bonds. The van der Waals surface area contributed by atoms with E-state index in [1.54, 1.807) is 7.11 Å². The highest BCUT2D eigenvalue weighted by Gasteiger charge is 2.06. The van der Waals surface area contributed by atoms with Crippen molar-refractivity contribution < 1.29 is 4.74 Å². The normalized spacial score (nSPS) is 12.6. The number of rotatable bonds is 3. The van der Waals surface area contributed by atoms with E-state index in [9.17, 15) is 0 Å². The monoisotopic (exact) mass is 242 g/mol. The molecule has 2 heteroatoms. The van der Waals surface area contributed by atoms with Crippen molar-refractivity contribution in [3.63, 3.8) is 0 Å². The fourth-order valence-electron chi connectivity index (χ4n) is 1.23. The summed E-state index contributed by atoms with van der Waals surface area (Å²) in [7, 11) is 1.71. The minimum absolute atomic E-state index is 0.537. The predicted molar refractivity (Wildman–Crippen MR) is 59.9 cm³/mol. The molecule has 1 rings (SSSR count).